The average molecular weight is 195 g/mol. The van der Waals surface area contributed by atoms with Crippen molar-refractivity contribution >= 4 is 5.91 Å². The highest BCUT2D eigenvalue weighted by molar-refractivity contribution is 5.76. The van der Waals surface area contributed by atoms with E-state index in [1.165, 1.54) is 0 Å². The summed E-state index contributed by atoms with van der Waals surface area (Å²) in [5.74, 6) is 0.510. The minimum absolute atomic E-state index is 0.0137. The van der Waals surface area contributed by atoms with E-state index in [0.717, 1.165) is 12.8 Å². The van der Waals surface area contributed by atoms with Crippen LogP contribution < -0.4 is 5.32 Å². The lowest BCUT2D eigenvalue weighted by molar-refractivity contribution is -0.121. The standard InChI is InChI=1S/C9H13N3O2/c13-6-8-10-3-4-12(8)5-9(14)11-7-1-2-7/h3-4,7,13H,1-2,5-6H2,(H,11,14). The van der Waals surface area contributed by atoms with Crippen molar-refractivity contribution in [1.29, 1.82) is 0 Å². The molecular weight excluding hydrogens is 182 g/mol. The van der Waals surface area contributed by atoms with E-state index in [-0.39, 0.29) is 19.1 Å². The summed E-state index contributed by atoms with van der Waals surface area (Å²) in [6.07, 6.45) is 5.44. The summed E-state index contributed by atoms with van der Waals surface area (Å²) in [7, 11) is 0. The van der Waals surface area contributed by atoms with E-state index >= 15 is 0 Å². The topological polar surface area (TPSA) is 67.2 Å². The van der Waals surface area contributed by atoms with Crippen molar-refractivity contribution in [3.63, 3.8) is 0 Å². The van der Waals surface area contributed by atoms with E-state index in [4.69, 9.17) is 5.11 Å². The minimum atomic E-state index is -0.135. The number of amides is 1. The Kier molecular flexibility index (Phi) is 2.49. The lowest BCUT2D eigenvalue weighted by atomic mass is 10.5. The zero-order valence-corrected chi connectivity index (χ0v) is 7.81. The van der Waals surface area contributed by atoms with Crippen LogP contribution in [0.1, 0.15) is 18.7 Å². The van der Waals surface area contributed by atoms with Crippen LogP contribution in [0.4, 0.5) is 0 Å². The Morgan fingerprint density at radius 1 is 1.71 bits per heavy atom. The third-order valence-corrected chi connectivity index (χ3v) is 2.20. The Balaban J connectivity index is 1.91. The highest BCUT2D eigenvalue weighted by Crippen LogP contribution is 2.18. The molecule has 76 valence electrons. The molecule has 14 heavy (non-hydrogen) atoms. The second-order valence-corrected chi connectivity index (χ2v) is 3.47. The fraction of sp³-hybridized carbons (Fsp3) is 0.556. The first-order valence-corrected chi connectivity index (χ1v) is 4.70. The zero-order chi connectivity index (χ0) is 9.97. The molecule has 1 aromatic heterocycles. The molecule has 5 heteroatoms. The number of rotatable bonds is 4. The Hall–Kier alpha value is -1.36. The summed E-state index contributed by atoms with van der Waals surface area (Å²) in [4.78, 5) is 15.3. The van der Waals surface area contributed by atoms with Gasteiger partial charge in [-0.1, -0.05) is 0 Å². The number of aliphatic hydroxyl groups is 1. The first-order chi connectivity index (χ1) is 6.79. The van der Waals surface area contributed by atoms with Gasteiger partial charge in [-0.3, -0.25) is 4.79 Å². The normalized spacial score (nSPS) is 15.5. The highest BCUT2D eigenvalue weighted by atomic mass is 16.3. The van der Waals surface area contributed by atoms with E-state index in [1.54, 1.807) is 17.0 Å². The van der Waals surface area contributed by atoms with Crippen LogP contribution >= 0.6 is 0 Å². The van der Waals surface area contributed by atoms with Gasteiger partial charge < -0.3 is 15.0 Å². The number of imidazole rings is 1. The molecule has 0 saturated heterocycles. The van der Waals surface area contributed by atoms with E-state index in [2.05, 4.69) is 10.3 Å². The van der Waals surface area contributed by atoms with E-state index in [0.29, 0.717) is 11.9 Å². The monoisotopic (exact) mass is 195 g/mol. The van der Waals surface area contributed by atoms with Gasteiger partial charge in [0.1, 0.15) is 19.0 Å². The molecule has 0 aliphatic heterocycles. The molecule has 0 aromatic carbocycles. The van der Waals surface area contributed by atoms with Crippen molar-refractivity contribution in [2.24, 2.45) is 0 Å². The molecule has 0 atom stereocenters. The molecule has 1 fully saturated rings. The Bertz CT molecular complexity index is 331. The van der Waals surface area contributed by atoms with Crippen LogP contribution in [0.25, 0.3) is 0 Å². The van der Waals surface area contributed by atoms with E-state index in [1.807, 2.05) is 0 Å². The maximum Gasteiger partial charge on any atom is 0.240 e. The molecule has 0 radical (unpaired) electrons. The zero-order valence-electron chi connectivity index (χ0n) is 7.81. The molecule has 1 aromatic rings. The van der Waals surface area contributed by atoms with Crippen LogP contribution in [0.5, 0.6) is 0 Å². The van der Waals surface area contributed by atoms with E-state index < -0.39 is 0 Å². The number of aromatic nitrogens is 2. The quantitative estimate of drug-likeness (QED) is 0.690. The number of nitrogens with one attached hydrogen (secondary N) is 1. The van der Waals surface area contributed by atoms with Crippen LogP contribution in [0.2, 0.25) is 0 Å². The van der Waals surface area contributed by atoms with Crippen LogP contribution in [-0.2, 0) is 17.9 Å². The minimum Gasteiger partial charge on any atom is -0.388 e. The second kappa shape index (κ2) is 3.79. The molecule has 2 N–H and O–H groups in total. The fourth-order valence-electron chi connectivity index (χ4n) is 1.29. The lowest BCUT2D eigenvalue weighted by Gasteiger charge is -2.06. The van der Waals surface area contributed by atoms with Gasteiger partial charge in [0.2, 0.25) is 5.91 Å². The number of hydrogen-bond donors (Lipinski definition) is 2. The predicted molar refractivity (Wildman–Crippen MR) is 49.3 cm³/mol. The SMILES string of the molecule is O=C(Cn1ccnc1CO)NC1CC1. The predicted octanol–water partition coefficient (Wildman–Crippen LogP) is -0.346. The van der Waals surface area contributed by atoms with Gasteiger partial charge in [0.25, 0.3) is 0 Å². The largest absolute Gasteiger partial charge is 0.388 e. The number of hydrogen-bond acceptors (Lipinski definition) is 3. The smallest absolute Gasteiger partial charge is 0.240 e. The highest BCUT2D eigenvalue weighted by Gasteiger charge is 2.23. The fourth-order valence-corrected chi connectivity index (χ4v) is 1.29. The molecule has 1 amide bonds. The molecule has 1 heterocycles. The van der Waals surface area contributed by atoms with Gasteiger partial charge >= 0.3 is 0 Å². The number of carbonyl (C=O) groups excluding carboxylic acids is 1. The van der Waals surface area contributed by atoms with Gasteiger partial charge in [-0.25, -0.2) is 4.98 Å². The molecule has 5 nitrogen and oxygen atoms in total. The van der Waals surface area contributed by atoms with Gasteiger partial charge in [-0.15, -0.1) is 0 Å². The number of nitrogens with zero attached hydrogens (tertiary/aromatic N) is 2. The van der Waals surface area contributed by atoms with Gasteiger partial charge in [0, 0.05) is 18.4 Å². The second-order valence-electron chi connectivity index (χ2n) is 3.47. The maximum absolute atomic E-state index is 11.4. The van der Waals surface area contributed by atoms with Crippen molar-refractivity contribution < 1.29 is 9.90 Å². The number of aliphatic hydroxyl groups excluding tert-OH is 1. The van der Waals surface area contributed by atoms with Gasteiger partial charge in [-0.2, -0.15) is 0 Å². The molecule has 2 rings (SSSR count). The van der Waals surface area contributed by atoms with Crippen LogP contribution in [0, 0.1) is 0 Å². The molecule has 1 aliphatic rings. The van der Waals surface area contributed by atoms with Crippen molar-refractivity contribution in [3.05, 3.63) is 18.2 Å². The van der Waals surface area contributed by atoms with Gasteiger partial charge in [0.15, 0.2) is 0 Å². The van der Waals surface area contributed by atoms with Crippen molar-refractivity contribution in [2.75, 3.05) is 0 Å². The molecule has 1 aliphatic carbocycles. The summed E-state index contributed by atoms with van der Waals surface area (Å²) in [5, 5.41) is 11.8. The summed E-state index contributed by atoms with van der Waals surface area (Å²) in [6, 6.07) is 0.378. The maximum atomic E-state index is 11.4. The third-order valence-electron chi connectivity index (χ3n) is 2.20. The van der Waals surface area contributed by atoms with Crippen LogP contribution in [-0.4, -0.2) is 26.6 Å². The first kappa shape index (κ1) is 9.21. The summed E-state index contributed by atoms with van der Waals surface area (Å²) >= 11 is 0. The molecule has 0 spiro atoms. The van der Waals surface area contributed by atoms with Gasteiger partial charge in [-0.05, 0) is 12.8 Å². The summed E-state index contributed by atoms with van der Waals surface area (Å²) in [6.45, 7) is 0.107. The van der Waals surface area contributed by atoms with E-state index in [9.17, 15) is 4.79 Å². The first-order valence-electron chi connectivity index (χ1n) is 4.70. The Morgan fingerprint density at radius 2 is 2.50 bits per heavy atom. The van der Waals surface area contributed by atoms with Crippen LogP contribution in [0.3, 0.4) is 0 Å². The molecule has 0 bridgehead atoms. The van der Waals surface area contributed by atoms with Gasteiger partial charge in [0.05, 0.1) is 0 Å². The summed E-state index contributed by atoms with van der Waals surface area (Å²) < 4.78 is 1.65. The lowest BCUT2D eigenvalue weighted by Crippen LogP contribution is -2.29. The third kappa shape index (κ3) is 2.11. The summed E-state index contributed by atoms with van der Waals surface area (Å²) in [5.41, 5.74) is 0. The number of carbonyl (C=O) groups is 1. The average Bonchev–Trinajstić information content (AvgIpc) is 2.84. The van der Waals surface area contributed by atoms with Crippen molar-refractivity contribution in [1.82, 2.24) is 14.9 Å². The Labute approximate surface area is 81.8 Å². The van der Waals surface area contributed by atoms with Crippen molar-refractivity contribution in [2.45, 2.75) is 32.0 Å². The molecule has 1 saturated carbocycles. The molecule has 0 unspecified atom stereocenters. The molecular formula is C9H13N3O2. The Morgan fingerprint density at radius 3 is 3.14 bits per heavy atom. The van der Waals surface area contributed by atoms with Crippen molar-refractivity contribution in [3.8, 4) is 0 Å². The van der Waals surface area contributed by atoms with Crippen LogP contribution in [0.15, 0.2) is 12.4 Å².